The molecule has 0 aromatic heterocycles. The van der Waals surface area contributed by atoms with Gasteiger partial charge in [0, 0.05) is 24.5 Å². The van der Waals surface area contributed by atoms with E-state index in [2.05, 4.69) is 0 Å². The number of carbonyl (C=O) groups is 2. The molecule has 0 radical (unpaired) electrons. The number of Topliss-reactive ketones (excluding diaryl/α,β-unsaturated/α-hetero) is 1. The van der Waals surface area contributed by atoms with E-state index in [-0.39, 0.29) is 24.0 Å². The van der Waals surface area contributed by atoms with Crippen LogP contribution in [0.4, 0.5) is 0 Å². The van der Waals surface area contributed by atoms with Crippen molar-refractivity contribution in [2.45, 2.75) is 89.8 Å². The Morgan fingerprint density at radius 2 is 1.70 bits per heavy atom. The van der Waals surface area contributed by atoms with Gasteiger partial charge in [-0.3, -0.25) is 4.79 Å². The van der Waals surface area contributed by atoms with Crippen LogP contribution in [0.2, 0.25) is 0 Å². The molecule has 0 aliphatic carbocycles. The Bertz CT molecular complexity index is 697. The second kappa shape index (κ2) is 12.6. The Morgan fingerprint density at radius 1 is 1.03 bits per heavy atom. The van der Waals surface area contributed by atoms with Gasteiger partial charge in [0.15, 0.2) is 0 Å². The molecule has 1 heterocycles. The lowest BCUT2D eigenvalue weighted by atomic mass is 9.98. The summed E-state index contributed by atoms with van der Waals surface area (Å²) in [5.74, 6) is 1.10. The quantitative estimate of drug-likeness (QED) is 0.312. The first kappa shape index (κ1) is 24.2. The van der Waals surface area contributed by atoms with Gasteiger partial charge in [-0.15, -0.1) is 0 Å². The van der Waals surface area contributed by atoms with Crippen molar-refractivity contribution in [1.82, 2.24) is 0 Å². The molecule has 0 saturated heterocycles. The van der Waals surface area contributed by atoms with Gasteiger partial charge in [0.25, 0.3) is 0 Å². The lowest BCUT2D eigenvalue weighted by Gasteiger charge is -2.12. The van der Waals surface area contributed by atoms with E-state index in [1.54, 1.807) is 27.2 Å². The standard InChI is InChI=1S/C24H36O6/c1-17(25)13-14-18(26)11-9-7-5-4-6-8-10-12-21-20-15-19(28-2)16-22(29-3)23(20)24(27)30-21/h15-17,21,25H,4-14H2,1-3H3/t17-,21-/m1/s1. The number of aliphatic hydroxyl groups is 1. The predicted molar refractivity (Wildman–Crippen MR) is 115 cm³/mol. The first-order valence-electron chi connectivity index (χ1n) is 11.1. The van der Waals surface area contributed by atoms with E-state index in [1.807, 2.05) is 6.07 Å². The molecule has 0 saturated carbocycles. The molecule has 168 valence electrons. The van der Waals surface area contributed by atoms with Gasteiger partial charge in [-0.25, -0.2) is 4.79 Å². The van der Waals surface area contributed by atoms with Crippen LogP contribution in [0, 0.1) is 0 Å². The second-order valence-corrected chi connectivity index (χ2v) is 8.13. The molecule has 2 atom stereocenters. The molecule has 1 aliphatic heterocycles. The smallest absolute Gasteiger partial charge is 0.342 e. The summed E-state index contributed by atoms with van der Waals surface area (Å²) < 4.78 is 16.2. The number of ketones is 1. The summed E-state index contributed by atoms with van der Waals surface area (Å²) in [5.41, 5.74) is 1.38. The maximum absolute atomic E-state index is 12.2. The van der Waals surface area contributed by atoms with Gasteiger partial charge in [0.1, 0.15) is 28.9 Å². The number of rotatable bonds is 15. The van der Waals surface area contributed by atoms with Crippen LogP contribution >= 0.6 is 0 Å². The average molecular weight is 421 g/mol. The third-order valence-electron chi connectivity index (χ3n) is 5.62. The van der Waals surface area contributed by atoms with Crippen LogP contribution in [0.5, 0.6) is 11.5 Å². The van der Waals surface area contributed by atoms with Crippen LogP contribution in [0.1, 0.15) is 99.6 Å². The molecule has 6 nitrogen and oxygen atoms in total. The van der Waals surface area contributed by atoms with Crippen molar-refractivity contribution in [3.63, 3.8) is 0 Å². The number of fused-ring (bicyclic) bond motifs is 1. The topological polar surface area (TPSA) is 82.1 Å². The monoisotopic (exact) mass is 420 g/mol. The molecule has 0 amide bonds. The second-order valence-electron chi connectivity index (χ2n) is 8.13. The predicted octanol–water partition coefficient (Wildman–Crippen LogP) is 5.16. The van der Waals surface area contributed by atoms with Crippen molar-refractivity contribution < 1.29 is 28.9 Å². The Balaban J connectivity index is 1.61. The van der Waals surface area contributed by atoms with Gasteiger partial charge in [-0.1, -0.05) is 32.1 Å². The molecule has 30 heavy (non-hydrogen) atoms. The molecular formula is C24H36O6. The van der Waals surface area contributed by atoms with E-state index in [0.717, 1.165) is 56.9 Å². The highest BCUT2D eigenvalue weighted by Gasteiger charge is 2.34. The van der Waals surface area contributed by atoms with Crippen LogP contribution in [0.25, 0.3) is 0 Å². The van der Waals surface area contributed by atoms with E-state index in [9.17, 15) is 14.7 Å². The Labute approximate surface area is 179 Å². The third kappa shape index (κ3) is 7.31. The summed E-state index contributed by atoms with van der Waals surface area (Å²) in [6, 6.07) is 3.58. The molecule has 0 fully saturated rings. The van der Waals surface area contributed by atoms with Gasteiger partial charge >= 0.3 is 5.97 Å². The van der Waals surface area contributed by atoms with Crippen LogP contribution in [-0.2, 0) is 9.53 Å². The van der Waals surface area contributed by atoms with Gasteiger partial charge < -0.3 is 19.3 Å². The van der Waals surface area contributed by atoms with Crippen LogP contribution < -0.4 is 9.47 Å². The number of hydrogen-bond donors (Lipinski definition) is 1. The number of esters is 1. The lowest BCUT2D eigenvalue weighted by Crippen LogP contribution is -2.05. The fourth-order valence-electron chi connectivity index (χ4n) is 3.86. The maximum Gasteiger partial charge on any atom is 0.342 e. The molecule has 0 bridgehead atoms. The van der Waals surface area contributed by atoms with Crippen molar-refractivity contribution in [2.24, 2.45) is 0 Å². The van der Waals surface area contributed by atoms with E-state index < -0.39 is 0 Å². The number of aliphatic hydroxyl groups excluding tert-OH is 1. The molecule has 6 heteroatoms. The SMILES string of the molecule is COc1cc(OC)c2c(c1)[C@@H](CCCCCCCCCC(=O)CC[C@@H](C)O)OC2=O. The Kier molecular flexibility index (Phi) is 10.1. The minimum Gasteiger partial charge on any atom is -0.497 e. The first-order valence-corrected chi connectivity index (χ1v) is 11.1. The largest absolute Gasteiger partial charge is 0.497 e. The highest BCUT2D eigenvalue weighted by molar-refractivity contribution is 5.97. The van der Waals surface area contributed by atoms with E-state index in [1.165, 1.54) is 0 Å². The molecule has 1 N–H and O–H groups in total. The van der Waals surface area contributed by atoms with Gasteiger partial charge in [-0.05, 0) is 38.7 Å². The summed E-state index contributed by atoms with van der Waals surface area (Å²) >= 11 is 0. The summed E-state index contributed by atoms with van der Waals surface area (Å²) in [5, 5.41) is 9.20. The fraction of sp³-hybridized carbons (Fsp3) is 0.667. The fourth-order valence-corrected chi connectivity index (χ4v) is 3.86. The average Bonchev–Trinajstić information content (AvgIpc) is 3.05. The van der Waals surface area contributed by atoms with Crippen LogP contribution in [0.15, 0.2) is 12.1 Å². The zero-order valence-electron chi connectivity index (χ0n) is 18.6. The van der Waals surface area contributed by atoms with Crippen LogP contribution in [-0.4, -0.2) is 37.2 Å². The minimum atomic E-state index is -0.390. The van der Waals surface area contributed by atoms with Gasteiger partial charge in [-0.2, -0.15) is 0 Å². The number of cyclic esters (lactones) is 1. The summed E-state index contributed by atoms with van der Waals surface area (Å²) in [4.78, 5) is 23.9. The maximum atomic E-state index is 12.2. The number of ether oxygens (including phenoxy) is 3. The molecule has 0 spiro atoms. The normalized spacial score (nSPS) is 16.1. The van der Waals surface area contributed by atoms with Crippen molar-refractivity contribution in [2.75, 3.05) is 14.2 Å². The number of benzene rings is 1. The summed E-state index contributed by atoms with van der Waals surface area (Å²) in [7, 11) is 3.14. The highest BCUT2D eigenvalue weighted by atomic mass is 16.6. The van der Waals surface area contributed by atoms with Crippen molar-refractivity contribution in [3.8, 4) is 11.5 Å². The molecule has 1 aromatic carbocycles. The van der Waals surface area contributed by atoms with E-state index in [4.69, 9.17) is 14.2 Å². The van der Waals surface area contributed by atoms with Crippen molar-refractivity contribution >= 4 is 11.8 Å². The number of methoxy groups -OCH3 is 2. The molecule has 1 aliphatic rings. The first-order chi connectivity index (χ1) is 14.5. The lowest BCUT2D eigenvalue weighted by molar-refractivity contribution is -0.119. The van der Waals surface area contributed by atoms with Gasteiger partial charge in [0.2, 0.25) is 0 Å². The highest BCUT2D eigenvalue weighted by Crippen LogP contribution is 2.41. The summed E-state index contributed by atoms with van der Waals surface area (Å²) in [6.07, 6.45) is 9.41. The third-order valence-corrected chi connectivity index (χ3v) is 5.62. The number of unbranched alkanes of at least 4 members (excludes halogenated alkanes) is 6. The Hall–Kier alpha value is -2.08. The van der Waals surface area contributed by atoms with Gasteiger partial charge in [0.05, 0.1) is 20.3 Å². The summed E-state index contributed by atoms with van der Waals surface area (Å²) in [6.45, 7) is 1.72. The zero-order valence-corrected chi connectivity index (χ0v) is 18.6. The Morgan fingerprint density at radius 3 is 2.33 bits per heavy atom. The zero-order chi connectivity index (χ0) is 21.9. The van der Waals surface area contributed by atoms with E-state index in [0.29, 0.717) is 36.3 Å². The van der Waals surface area contributed by atoms with E-state index >= 15 is 0 Å². The molecular weight excluding hydrogens is 384 g/mol. The number of hydrogen-bond acceptors (Lipinski definition) is 6. The van der Waals surface area contributed by atoms with Crippen molar-refractivity contribution in [1.29, 1.82) is 0 Å². The molecule has 2 rings (SSSR count). The van der Waals surface area contributed by atoms with Crippen LogP contribution in [0.3, 0.4) is 0 Å². The minimum absolute atomic E-state index is 0.232. The molecule has 1 aromatic rings. The van der Waals surface area contributed by atoms with Crippen molar-refractivity contribution in [3.05, 3.63) is 23.3 Å². The number of carbonyl (C=O) groups excluding carboxylic acids is 2. The molecule has 0 unspecified atom stereocenters.